The van der Waals surface area contributed by atoms with Gasteiger partial charge in [0.25, 0.3) is 5.91 Å². The lowest BCUT2D eigenvalue weighted by Gasteiger charge is -2.14. The average molecular weight is 291 g/mol. The molecule has 0 spiro atoms. The molecule has 1 aromatic heterocycles. The van der Waals surface area contributed by atoms with Crippen LogP contribution in [0.4, 0.5) is 5.13 Å². The van der Waals surface area contributed by atoms with E-state index in [0.29, 0.717) is 16.1 Å². The van der Waals surface area contributed by atoms with Gasteiger partial charge in [0.2, 0.25) is 0 Å². The molecule has 0 aliphatic carbocycles. The summed E-state index contributed by atoms with van der Waals surface area (Å²) in [6, 6.07) is 7.39. The van der Waals surface area contributed by atoms with E-state index >= 15 is 0 Å². The van der Waals surface area contributed by atoms with Gasteiger partial charge in [-0.15, -0.1) is 0 Å². The quantitative estimate of drug-likeness (QED) is 0.793. The summed E-state index contributed by atoms with van der Waals surface area (Å²) in [5.41, 5.74) is 6.52. The second-order valence-corrected chi connectivity index (χ2v) is 5.15. The molecule has 0 fully saturated rings. The minimum atomic E-state index is -1.13. The van der Waals surface area contributed by atoms with E-state index in [9.17, 15) is 14.7 Å². The largest absolute Gasteiger partial charge is 0.479 e. The van der Waals surface area contributed by atoms with Gasteiger partial charge in [0, 0.05) is 0 Å². The van der Waals surface area contributed by atoms with Gasteiger partial charge in [0.1, 0.15) is 4.88 Å². The maximum Gasteiger partial charge on any atom is 0.330 e. The van der Waals surface area contributed by atoms with Crippen molar-refractivity contribution in [3.05, 3.63) is 46.5 Å². The zero-order valence-electron chi connectivity index (χ0n) is 10.7. The lowest BCUT2D eigenvalue weighted by atomic mass is 10.1. The van der Waals surface area contributed by atoms with Gasteiger partial charge in [-0.05, 0) is 12.5 Å². The molecule has 0 saturated heterocycles. The van der Waals surface area contributed by atoms with E-state index in [1.807, 2.05) is 0 Å². The smallest absolute Gasteiger partial charge is 0.330 e. The minimum absolute atomic E-state index is 0.277. The molecule has 6 nitrogen and oxygen atoms in total. The van der Waals surface area contributed by atoms with E-state index in [4.69, 9.17) is 5.73 Å². The summed E-state index contributed by atoms with van der Waals surface area (Å²) in [5.74, 6) is -1.62. The third-order valence-corrected chi connectivity index (χ3v) is 3.66. The number of carbonyl (C=O) groups is 2. The molecule has 0 radical (unpaired) electrons. The van der Waals surface area contributed by atoms with Gasteiger partial charge in [0.15, 0.2) is 11.2 Å². The van der Waals surface area contributed by atoms with E-state index in [2.05, 4.69) is 10.3 Å². The van der Waals surface area contributed by atoms with Crippen molar-refractivity contribution in [2.45, 2.75) is 13.0 Å². The maximum absolute atomic E-state index is 12.1. The number of anilines is 1. The number of hydrogen-bond donors (Lipinski definition) is 3. The van der Waals surface area contributed by atoms with Crippen LogP contribution in [0.1, 0.15) is 27.0 Å². The number of thiazole rings is 1. The molecule has 1 atom stereocenters. The van der Waals surface area contributed by atoms with Gasteiger partial charge in [-0.2, -0.15) is 0 Å². The number of nitrogens with one attached hydrogen (secondary N) is 1. The molecule has 1 heterocycles. The summed E-state index contributed by atoms with van der Waals surface area (Å²) >= 11 is 1.03. The Kier molecular flexibility index (Phi) is 3.99. The molecule has 0 saturated carbocycles. The molecule has 1 aromatic carbocycles. The SMILES string of the molecule is Cc1nc(N)sc1C(=O)NC(C(=O)O)c1ccccc1. The van der Waals surface area contributed by atoms with Crippen molar-refractivity contribution < 1.29 is 14.7 Å². The molecule has 0 aliphatic rings. The monoisotopic (exact) mass is 291 g/mol. The Labute approximate surface area is 119 Å². The number of aromatic nitrogens is 1. The van der Waals surface area contributed by atoms with Crippen LogP contribution in [0.2, 0.25) is 0 Å². The first kappa shape index (κ1) is 14.0. The van der Waals surface area contributed by atoms with Gasteiger partial charge in [-0.3, -0.25) is 4.79 Å². The number of nitrogen functional groups attached to an aromatic ring is 1. The lowest BCUT2D eigenvalue weighted by Crippen LogP contribution is -2.33. The topological polar surface area (TPSA) is 105 Å². The predicted molar refractivity (Wildman–Crippen MR) is 75.5 cm³/mol. The third kappa shape index (κ3) is 2.94. The first-order valence-electron chi connectivity index (χ1n) is 5.80. The van der Waals surface area contributed by atoms with Crippen molar-refractivity contribution in [3.8, 4) is 0 Å². The summed E-state index contributed by atoms with van der Waals surface area (Å²) < 4.78 is 0. The van der Waals surface area contributed by atoms with E-state index in [-0.39, 0.29) is 5.13 Å². The Morgan fingerprint density at radius 3 is 2.50 bits per heavy atom. The van der Waals surface area contributed by atoms with Crippen LogP contribution >= 0.6 is 11.3 Å². The Morgan fingerprint density at radius 1 is 1.35 bits per heavy atom. The van der Waals surface area contributed by atoms with Crippen LogP contribution in [0.25, 0.3) is 0 Å². The van der Waals surface area contributed by atoms with Crippen molar-refractivity contribution in [3.63, 3.8) is 0 Å². The Morgan fingerprint density at radius 2 is 2.00 bits per heavy atom. The zero-order chi connectivity index (χ0) is 14.7. The maximum atomic E-state index is 12.1. The zero-order valence-corrected chi connectivity index (χ0v) is 11.5. The van der Waals surface area contributed by atoms with Crippen LogP contribution in [0.3, 0.4) is 0 Å². The highest BCUT2D eigenvalue weighted by atomic mass is 32.1. The fourth-order valence-electron chi connectivity index (χ4n) is 1.76. The summed E-state index contributed by atoms with van der Waals surface area (Å²) in [6.07, 6.45) is 0. The van der Waals surface area contributed by atoms with Crippen LogP contribution in [0.5, 0.6) is 0 Å². The molecular weight excluding hydrogens is 278 g/mol. The number of hydrogen-bond acceptors (Lipinski definition) is 5. The number of carboxylic acids is 1. The number of benzene rings is 1. The number of aryl methyl sites for hydroxylation is 1. The summed E-state index contributed by atoms with van der Waals surface area (Å²) in [6.45, 7) is 1.65. The third-order valence-electron chi connectivity index (χ3n) is 2.67. The normalized spacial score (nSPS) is 11.8. The summed E-state index contributed by atoms with van der Waals surface area (Å²) in [7, 11) is 0. The molecule has 20 heavy (non-hydrogen) atoms. The molecular formula is C13H13N3O3S. The lowest BCUT2D eigenvalue weighted by molar-refractivity contribution is -0.139. The van der Waals surface area contributed by atoms with E-state index in [0.717, 1.165) is 11.3 Å². The highest BCUT2D eigenvalue weighted by Gasteiger charge is 2.24. The number of nitrogens with zero attached hydrogens (tertiary/aromatic N) is 1. The van der Waals surface area contributed by atoms with Crippen molar-refractivity contribution >= 4 is 28.3 Å². The number of amides is 1. The molecule has 4 N–H and O–H groups in total. The van der Waals surface area contributed by atoms with E-state index in [1.54, 1.807) is 37.3 Å². The molecule has 1 amide bonds. The van der Waals surface area contributed by atoms with Crippen LogP contribution in [-0.4, -0.2) is 22.0 Å². The predicted octanol–water partition coefficient (Wildman–Crippen LogP) is 1.59. The van der Waals surface area contributed by atoms with Crippen LogP contribution in [0.15, 0.2) is 30.3 Å². The summed E-state index contributed by atoms with van der Waals surface area (Å²) in [4.78, 5) is 27.7. The van der Waals surface area contributed by atoms with E-state index in [1.165, 1.54) is 0 Å². The molecule has 1 unspecified atom stereocenters. The molecule has 2 aromatic rings. The van der Waals surface area contributed by atoms with Crippen LogP contribution < -0.4 is 11.1 Å². The van der Waals surface area contributed by atoms with Crippen molar-refractivity contribution in [2.24, 2.45) is 0 Å². The Hall–Kier alpha value is -2.41. The second-order valence-electron chi connectivity index (χ2n) is 4.12. The van der Waals surface area contributed by atoms with Crippen molar-refractivity contribution in [2.75, 3.05) is 5.73 Å². The van der Waals surface area contributed by atoms with Crippen LogP contribution in [-0.2, 0) is 4.79 Å². The second kappa shape index (κ2) is 5.70. The van der Waals surface area contributed by atoms with Gasteiger partial charge < -0.3 is 16.2 Å². The average Bonchev–Trinajstić information content (AvgIpc) is 2.75. The number of carbonyl (C=O) groups excluding carboxylic acids is 1. The van der Waals surface area contributed by atoms with Crippen molar-refractivity contribution in [1.29, 1.82) is 0 Å². The minimum Gasteiger partial charge on any atom is -0.479 e. The fourth-order valence-corrected chi connectivity index (χ4v) is 2.49. The summed E-state index contributed by atoms with van der Waals surface area (Å²) in [5, 5.41) is 12.0. The van der Waals surface area contributed by atoms with Gasteiger partial charge in [0.05, 0.1) is 5.69 Å². The number of carboxylic acid groups (broad SMARTS) is 1. The first-order chi connectivity index (χ1) is 9.49. The highest BCUT2D eigenvalue weighted by Crippen LogP contribution is 2.21. The van der Waals surface area contributed by atoms with Gasteiger partial charge in [-0.1, -0.05) is 41.7 Å². The van der Waals surface area contributed by atoms with Gasteiger partial charge in [-0.25, -0.2) is 9.78 Å². The van der Waals surface area contributed by atoms with Crippen LogP contribution in [0, 0.1) is 6.92 Å². The molecule has 104 valence electrons. The first-order valence-corrected chi connectivity index (χ1v) is 6.62. The molecule has 7 heteroatoms. The standard InChI is InChI=1S/C13H13N3O3S/c1-7-10(20-13(14)15-7)11(17)16-9(12(18)19)8-5-3-2-4-6-8/h2-6,9H,1H3,(H2,14,15)(H,16,17)(H,18,19). The Bertz CT molecular complexity index is 640. The number of rotatable bonds is 4. The molecule has 0 aliphatic heterocycles. The molecule has 0 bridgehead atoms. The van der Waals surface area contributed by atoms with E-state index < -0.39 is 17.9 Å². The van der Waals surface area contributed by atoms with Gasteiger partial charge >= 0.3 is 5.97 Å². The Balaban J connectivity index is 2.23. The highest BCUT2D eigenvalue weighted by molar-refractivity contribution is 7.17. The number of nitrogens with two attached hydrogens (primary N) is 1. The number of aliphatic carboxylic acids is 1. The van der Waals surface area contributed by atoms with Crippen molar-refractivity contribution in [1.82, 2.24) is 10.3 Å². The molecule has 2 rings (SSSR count). The fraction of sp³-hybridized carbons (Fsp3) is 0.154.